The summed E-state index contributed by atoms with van der Waals surface area (Å²) in [4.78, 5) is 2.17. The lowest BCUT2D eigenvalue weighted by atomic mass is 10.5. The van der Waals surface area contributed by atoms with Crippen LogP contribution in [0, 0.1) is 0 Å². The zero-order valence-corrected chi connectivity index (χ0v) is 5.59. The van der Waals surface area contributed by atoms with Crippen molar-refractivity contribution in [3.8, 4) is 0 Å². The van der Waals surface area contributed by atoms with Gasteiger partial charge in [-0.1, -0.05) is 13.0 Å². The van der Waals surface area contributed by atoms with E-state index in [1.807, 2.05) is 6.08 Å². The Labute approximate surface area is 51.0 Å². The van der Waals surface area contributed by atoms with Gasteiger partial charge in [-0.2, -0.15) is 0 Å². The molecular formula is C6H14N2. The van der Waals surface area contributed by atoms with Gasteiger partial charge >= 0.3 is 0 Å². The van der Waals surface area contributed by atoms with Crippen LogP contribution in [0.15, 0.2) is 12.3 Å². The molecule has 0 amide bonds. The summed E-state index contributed by atoms with van der Waals surface area (Å²) in [6, 6.07) is 0. The SMILES string of the molecule is CCN(C)C/C=C\N. The van der Waals surface area contributed by atoms with Crippen LogP contribution >= 0.6 is 0 Å². The summed E-state index contributed by atoms with van der Waals surface area (Å²) < 4.78 is 0. The molecule has 0 spiro atoms. The second kappa shape index (κ2) is 4.65. The van der Waals surface area contributed by atoms with E-state index in [4.69, 9.17) is 5.73 Å². The van der Waals surface area contributed by atoms with Gasteiger partial charge in [0.15, 0.2) is 0 Å². The highest BCUT2D eigenvalue weighted by Gasteiger charge is 1.85. The first-order chi connectivity index (χ1) is 3.81. The Balaban J connectivity index is 3.10. The lowest BCUT2D eigenvalue weighted by Gasteiger charge is -2.08. The van der Waals surface area contributed by atoms with E-state index >= 15 is 0 Å². The largest absolute Gasteiger partial charge is 0.405 e. The van der Waals surface area contributed by atoms with Gasteiger partial charge in [0.2, 0.25) is 0 Å². The predicted molar refractivity (Wildman–Crippen MR) is 36.5 cm³/mol. The maximum atomic E-state index is 5.12. The minimum atomic E-state index is 0.951. The van der Waals surface area contributed by atoms with Crippen LogP contribution in [0.3, 0.4) is 0 Å². The molecule has 0 aliphatic heterocycles. The third-order valence-corrected chi connectivity index (χ3v) is 1.09. The van der Waals surface area contributed by atoms with Crippen LogP contribution in [0.1, 0.15) is 6.92 Å². The molecule has 0 aromatic rings. The molecule has 0 heterocycles. The van der Waals surface area contributed by atoms with Crippen LogP contribution in [0.2, 0.25) is 0 Å². The van der Waals surface area contributed by atoms with E-state index in [1.54, 1.807) is 6.20 Å². The Bertz CT molecular complexity index is 68.9. The van der Waals surface area contributed by atoms with Gasteiger partial charge in [0.1, 0.15) is 0 Å². The molecule has 0 aromatic heterocycles. The van der Waals surface area contributed by atoms with Gasteiger partial charge in [0.25, 0.3) is 0 Å². The standard InChI is InChI=1S/C6H14N2/c1-3-8(2)6-4-5-7/h4-5H,3,6-7H2,1-2H3/b5-4-. The van der Waals surface area contributed by atoms with E-state index in [9.17, 15) is 0 Å². The molecule has 2 nitrogen and oxygen atoms in total. The number of hydrogen-bond donors (Lipinski definition) is 1. The molecule has 0 radical (unpaired) electrons. The van der Waals surface area contributed by atoms with Crippen molar-refractivity contribution >= 4 is 0 Å². The summed E-state index contributed by atoms with van der Waals surface area (Å²) in [5.41, 5.74) is 5.12. The van der Waals surface area contributed by atoms with E-state index in [-0.39, 0.29) is 0 Å². The molecule has 0 fully saturated rings. The molecule has 0 aliphatic rings. The minimum absolute atomic E-state index is 0.951. The van der Waals surface area contributed by atoms with Crippen molar-refractivity contribution in [3.63, 3.8) is 0 Å². The zero-order chi connectivity index (χ0) is 6.41. The van der Waals surface area contributed by atoms with Gasteiger partial charge in [-0.3, -0.25) is 0 Å². The summed E-state index contributed by atoms with van der Waals surface area (Å²) in [5.74, 6) is 0. The third kappa shape index (κ3) is 3.68. The molecule has 0 saturated carbocycles. The van der Waals surface area contributed by atoms with Gasteiger partial charge in [0, 0.05) is 6.54 Å². The molecule has 0 saturated heterocycles. The van der Waals surface area contributed by atoms with Crippen molar-refractivity contribution < 1.29 is 0 Å². The first-order valence-corrected chi connectivity index (χ1v) is 2.86. The van der Waals surface area contributed by atoms with Gasteiger partial charge in [0.05, 0.1) is 0 Å². The van der Waals surface area contributed by atoms with Crippen LogP contribution in [-0.2, 0) is 0 Å². The summed E-state index contributed by atoms with van der Waals surface area (Å²) in [5, 5.41) is 0. The zero-order valence-electron chi connectivity index (χ0n) is 5.59. The molecule has 0 rings (SSSR count). The molecule has 0 atom stereocenters. The first kappa shape index (κ1) is 7.50. The quantitative estimate of drug-likeness (QED) is 0.576. The highest BCUT2D eigenvalue weighted by atomic mass is 15.1. The second-order valence-corrected chi connectivity index (χ2v) is 1.78. The van der Waals surface area contributed by atoms with E-state index < -0.39 is 0 Å². The van der Waals surface area contributed by atoms with E-state index in [0.717, 1.165) is 13.1 Å². The normalized spacial score (nSPS) is 11.4. The maximum Gasteiger partial charge on any atom is 0.0177 e. The van der Waals surface area contributed by atoms with Gasteiger partial charge in [-0.05, 0) is 19.8 Å². The fraction of sp³-hybridized carbons (Fsp3) is 0.667. The van der Waals surface area contributed by atoms with Crippen LogP contribution in [0.4, 0.5) is 0 Å². The molecule has 8 heavy (non-hydrogen) atoms. The Morgan fingerprint density at radius 2 is 2.25 bits per heavy atom. The van der Waals surface area contributed by atoms with Crippen LogP contribution in [0.25, 0.3) is 0 Å². The Morgan fingerprint density at radius 3 is 2.62 bits per heavy atom. The van der Waals surface area contributed by atoms with Crippen molar-refractivity contribution in [1.29, 1.82) is 0 Å². The fourth-order valence-corrected chi connectivity index (χ4v) is 0.370. The lowest BCUT2D eigenvalue weighted by Crippen LogP contribution is -2.17. The van der Waals surface area contributed by atoms with Gasteiger partial charge < -0.3 is 10.6 Å². The van der Waals surface area contributed by atoms with Crippen molar-refractivity contribution in [1.82, 2.24) is 4.90 Å². The first-order valence-electron chi connectivity index (χ1n) is 2.86. The molecule has 0 unspecified atom stereocenters. The second-order valence-electron chi connectivity index (χ2n) is 1.78. The average molecular weight is 114 g/mol. The number of hydrogen-bond acceptors (Lipinski definition) is 2. The number of rotatable bonds is 3. The molecule has 0 aliphatic carbocycles. The average Bonchev–Trinajstić information content (AvgIpc) is 1.83. The highest BCUT2D eigenvalue weighted by molar-refractivity contribution is 4.78. The minimum Gasteiger partial charge on any atom is -0.405 e. The van der Waals surface area contributed by atoms with Crippen molar-refractivity contribution in [2.75, 3.05) is 20.1 Å². The van der Waals surface area contributed by atoms with Crippen molar-refractivity contribution in [3.05, 3.63) is 12.3 Å². The predicted octanol–water partition coefficient (Wildman–Crippen LogP) is 0.410. The summed E-state index contributed by atoms with van der Waals surface area (Å²) in [7, 11) is 2.06. The number of likely N-dealkylation sites (N-methyl/N-ethyl adjacent to an activating group) is 1. The molecule has 2 N–H and O–H groups in total. The van der Waals surface area contributed by atoms with Gasteiger partial charge in [-0.15, -0.1) is 0 Å². The maximum absolute atomic E-state index is 5.12. The Hall–Kier alpha value is -0.500. The monoisotopic (exact) mass is 114 g/mol. The Morgan fingerprint density at radius 1 is 1.62 bits per heavy atom. The molecule has 0 aromatic carbocycles. The topological polar surface area (TPSA) is 29.3 Å². The van der Waals surface area contributed by atoms with Gasteiger partial charge in [-0.25, -0.2) is 0 Å². The van der Waals surface area contributed by atoms with E-state index in [1.165, 1.54) is 0 Å². The summed E-state index contributed by atoms with van der Waals surface area (Å²) in [6.07, 6.45) is 3.51. The molecule has 2 heteroatoms. The summed E-state index contributed by atoms with van der Waals surface area (Å²) in [6.45, 7) is 4.14. The van der Waals surface area contributed by atoms with Crippen LogP contribution < -0.4 is 5.73 Å². The van der Waals surface area contributed by atoms with Crippen LogP contribution in [0.5, 0.6) is 0 Å². The third-order valence-electron chi connectivity index (χ3n) is 1.09. The lowest BCUT2D eigenvalue weighted by molar-refractivity contribution is 0.392. The Kier molecular flexibility index (Phi) is 4.36. The van der Waals surface area contributed by atoms with E-state index in [2.05, 4.69) is 18.9 Å². The number of nitrogens with zero attached hydrogens (tertiary/aromatic N) is 1. The van der Waals surface area contributed by atoms with Crippen LogP contribution in [-0.4, -0.2) is 25.0 Å². The number of nitrogens with two attached hydrogens (primary N) is 1. The van der Waals surface area contributed by atoms with E-state index in [0.29, 0.717) is 0 Å². The van der Waals surface area contributed by atoms with Crippen molar-refractivity contribution in [2.45, 2.75) is 6.92 Å². The molecule has 48 valence electrons. The molecule has 0 bridgehead atoms. The fourth-order valence-electron chi connectivity index (χ4n) is 0.370. The summed E-state index contributed by atoms with van der Waals surface area (Å²) >= 11 is 0. The molecular weight excluding hydrogens is 100 g/mol. The highest BCUT2D eigenvalue weighted by Crippen LogP contribution is 1.78. The van der Waals surface area contributed by atoms with Crippen molar-refractivity contribution in [2.24, 2.45) is 5.73 Å². The smallest absolute Gasteiger partial charge is 0.0177 e.